The Kier molecular flexibility index (Phi) is 9.28. The fourth-order valence-corrected chi connectivity index (χ4v) is 7.37. The van der Waals surface area contributed by atoms with Crippen LogP contribution in [0.5, 0.6) is 0 Å². The fourth-order valence-electron chi connectivity index (χ4n) is 7.37. The van der Waals surface area contributed by atoms with Gasteiger partial charge in [0.2, 0.25) is 11.8 Å². The molecule has 4 heterocycles. The van der Waals surface area contributed by atoms with Crippen LogP contribution in [0.1, 0.15) is 76.1 Å². The molecule has 50 heavy (non-hydrogen) atoms. The quantitative estimate of drug-likeness (QED) is 0.149. The highest BCUT2D eigenvalue weighted by atomic mass is 16.5. The molecule has 2 saturated heterocycles. The zero-order valence-electron chi connectivity index (χ0n) is 28.7. The molecule has 2 aliphatic heterocycles. The summed E-state index contributed by atoms with van der Waals surface area (Å²) in [6.07, 6.45) is 5.79. The molecule has 0 spiro atoms. The number of carbonyl (C=O) groups excluding carboxylic acids is 3. The van der Waals surface area contributed by atoms with Gasteiger partial charge in [0.15, 0.2) is 0 Å². The van der Waals surface area contributed by atoms with Crippen LogP contribution in [-0.4, -0.2) is 79.9 Å². The van der Waals surface area contributed by atoms with E-state index in [1.807, 2.05) is 35.9 Å². The summed E-state index contributed by atoms with van der Waals surface area (Å²) in [5.74, 6) is 1.42. The van der Waals surface area contributed by atoms with Gasteiger partial charge in [-0.05, 0) is 84.7 Å². The molecule has 3 aromatic carbocycles. The van der Waals surface area contributed by atoms with Crippen molar-refractivity contribution in [2.45, 2.75) is 76.5 Å². The Morgan fingerprint density at radius 2 is 1.50 bits per heavy atom. The molecule has 0 radical (unpaired) electrons. The first-order valence-electron chi connectivity index (χ1n) is 17.6. The molecule has 2 fully saturated rings. The molecule has 0 unspecified atom stereocenters. The van der Waals surface area contributed by atoms with Crippen LogP contribution in [0.4, 0.5) is 4.79 Å². The van der Waals surface area contributed by atoms with Crippen LogP contribution in [0.25, 0.3) is 44.2 Å². The van der Waals surface area contributed by atoms with Gasteiger partial charge in [-0.3, -0.25) is 9.59 Å². The van der Waals surface area contributed by atoms with Crippen LogP contribution in [-0.2, 0) is 14.3 Å². The maximum atomic E-state index is 13.4. The minimum absolute atomic E-state index is 0.00882. The zero-order valence-corrected chi connectivity index (χ0v) is 28.7. The van der Waals surface area contributed by atoms with E-state index in [9.17, 15) is 14.4 Å². The molecule has 7 rings (SSSR count). The number of hydrogen-bond acceptors (Lipinski definition) is 7. The molecule has 12 heteroatoms. The van der Waals surface area contributed by atoms with Crippen molar-refractivity contribution in [1.29, 1.82) is 0 Å². The van der Waals surface area contributed by atoms with Crippen LogP contribution in [0, 0.1) is 0 Å². The molecule has 3 amide bonds. The standard InChI is InChI=1S/C38H44N8O4/c1-4-27(39)36(47)45-16-6-8-32(45)34-40-21-31(43-34)26-13-12-22-18-23(10-11-24(22)19-26)25-14-15-29-30(20-25)42-35(41-29)33-9-7-17-46(33)37(48)28(5-2)44-38(49)50-3/h10-15,18-21,27-28,32-33H,4-9,16-17,39H2,1-3H3,(H,40,43)(H,41,42)(H,44,49)/t27-,28-,32-,33-/m0/s1. The van der Waals surface area contributed by atoms with Crippen LogP contribution in [0.15, 0.2) is 60.8 Å². The summed E-state index contributed by atoms with van der Waals surface area (Å²) in [4.78, 5) is 58.3. The van der Waals surface area contributed by atoms with E-state index in [2.05, 4.69) is 68.8 Å². The molecule has 260 valence electrons. The van der Waals surface area contributed by atoms with Gasteiger partial charge in [0.1, 0.15) is 17.7 Å². The van der Waals surface area contributed by atoms with Crippen molar-refractivity contribution in [2.75, 3.05) is 20.2 Å². The van der Waals surface area contributed by atoms with Crippen LogP contribution >= 0.6 is 0 Å². The van der Waals surface area contributed by atoms with Gasteiger partial charge >= 0.3 is 6.09 Å². The third kappa shape index (κ3) is 6.31. The van der Waals surface area contributed by atoms with E-state index >= 15 is 0 Å². The van der Waals surface area contributed by atoms with Crippen LogP contribution < -0.4 is 11.1 Å². The Balaban J connectivity index is 1.09. The van der Waals surface area contributed by atoms with Gasteiger partial charge < -0.3 is 35.6 Å². The summed E-state index contributed by atoms with van der Waals surface area (Å²) < 4.78 is 4.72. The minimum Gasteiger partial charge on any atom is -0.453 e. The molecule has 0 saturated carbocycles. The number of hydrogen-bond donors (Lipinski definition) is 4. The highest BCUT2D eigenvalue weighted by Gasteiger charge is 2.36. The van der Waals surface area contributed by atoms with E-state index < -0.39 is 18.2 Å². The SMILES string of the molecule is CC[C@H](NC(=O)OC)C(=O)N1CCC[C@H]1c1nc2ccc(-c3ccc4cc(-c5cnc([C@@H]6CCCN6C(=O)[C@@H](N)CC)[nH]5)ccc4c3)cc2[nH]1. The van der Waals surface area contributed by atoms with Crippen molar-refractivity contribution in [3.8, 4) is 22.4 Å². The lowest BCUT2D eigenvalue weighted by Gasteiger charge is -2.27. The second-order valence-corrected chi connectivity index (χ2v) is 13.3. The Morgan fingerprint density at radius 3 is 2.20 bits per heavy atom. The van der Waals surface area contributed by atoms with E-state index in [4.69, 9.17) is 15.5 Å². The van der Waals surface area contributed by atoms with Gasteiger partial charge in [-0.25, -0.2) is 14.8 Å². The summed E-state index contributed by atoms with van der Waals surface area (Å²) in [7, 11) is 1.29. The van der Waals surface area contributed by atoms with Crippen molar-refractivity contribution in [2.24, 2.45) is 5.73 Å². The monoisotopic (exact) mass is 676 g/mol. The Morgan fingerprint density at radius 1 is 0.860 bits per heavy atom. The number of likely N-dealkylation sites (tertiary alicyclic amines) is 2. The number of aromatic nitrogens is 4. The first-order chi connectivity index (χ1) is 24.3. The van der Waals surface area contributed by atoms with E-state index in [0.29, 0.717) is 25.9 Å². The number of imidazole rings is 2. The number of ether oxygens (including phenoxy) is 1. The maximum Gasteiger partial charge on any atom is 0.407 e. The first-order valence-corrected chi connectivity index (χ1v) is 17.6. The number of alkyl carbamates (subject to hydrolysis) is 1. The van der Waals surface area contributed by atoms with Crippen molar-refractivity contribution >= 4 is 39.7 Å². The fraction of sp³-hybridized carbons (Fsp3) is 0.395. The molecule has 2 aliphatic rings. The zero-order chi connectivity index (χ0) is 34.9. The molecule has 12 nitrogen and oxygen atoms in total. The lowest BCUT2D eigenvalue weighted by molar-refractivity contribution is -0.135. The Labute approximate surface area is 290 Å². The summed E-state index contributed by atoms with van der Waals surface area (Å²) in [5.41, 5.74) is 11.9. The van der Waals surface area contributed by atoms with Crippen LogP contribution in [0.3, 0.4) is 0 Å². The minimum atomic E-state index is -0.648. The largest absolute Gasteiger partial charge is 0.453 e. The number of fused-ring (bicyclic) bond motifs is 2. The van der Waals surface area contributed by atoms with Crippen molar-refractivity contribution < 1.29 is 19.1 Å². The van der Waals surface area contributed by atoms with Gasteiger partial charge in [0.25, 0.3) is 0 Å². The number of amides is 3. The predicted octanol–water partition coefficient (Wildman–Crippen LogP) is 5.97. The second-order valence-electron chi connectivity index (χ2n) is 13.3. The average Bonchev–Trinajstić information content (AvgIpc) is 3.98. The second kappa shape index (κ2) is 13.9. The number of nitrogens with zero attached hydrogens (tertiary/aromatic N) is 4. The third-order valence-corrected chi connectivity index (χ3v) is 10.2. The topological polar surface area (TPSA) is 162 Å². The summed E-state index contributed by atoms with van der Waals surface area (Å²) in [5, 5.41) is 4.88. The molecule has 0 aliphatic carbocycles. The number of methoxy groups -OCH3 is 1. The van der Waals surface area contributed by atoms with E-state index in [0.717, 1.165) is 81.5 Å². The normalized spacial score (nSPS) is 18.9. The van der Waals surface area contributed by atoms with Gasteiger partial charge in [0, 0.05) is 18.7 Å². The molecule has 4 atom stereocenters. The number of aromatic amines is 2. The number of rotatable bonds is 9. The van der Waals surface area contributed by atoms with Gasteiger partial charge in [-0.2, -0.15) is 0 Å². The smallest absolute Gasteiger partial charge is 0.407 e. The molecular weight excluding hydrogens is 632 g/mol. The number of nitrogens with two attached hydrogens (primary N) is 1. The van der Waals surface area contributed by atoms with Crippen molar-refractivity contribution in [1.82, 2.24) is 35.1 Å². The highest BCUT2D eigenvalue weighted by Crippen LogP contribution is 2.35. The van der Waals surface area contributed by atoms with Crippen molar-refractivity contribution in [3.63, 3.8) is 0 Å². The summed E-state index contributed by atoms with van der Waals surface area (Å²) in [6, 6.07) is 17.6. The number of nitrogens with one attached hydrogen (secondary N) is 3. The molecule has 5 aromatic rings. The maximum absolute atomic E-state index is 13.4. The number of benzene rings is 3. The van der Waals surface area contributed by atoms with Crippen molar-refractivity contribution in [3.05, 3.63) is 72.4 Å². The van der Waals surface area contributed by atoms with E-state index in [-0.39, 0.29) is 23.9 Å². The lowest BCUT2D eigenvalue weighted by atomic mass is 9.99. The molecular formula is C38H44N8O4. The predicted molar refractivity (Wildman–Crippen MR) is 192 cm³/mol. The van der Waals surface area contributed by atoms with Crippen LogP contribution in [0.2, 0.25) is 0 Å². The third-order valence-electron chi connectivity index (χ3n) is 10.2. The Hall–Kier alpha value is -5.23. The summed E-state index contributed by atoms with van der Waals surface area (Å²) in [6.45, 7) is 5.12. The summed E-state index contributed by atoms with van der Waals surface area (Å²) >= 11 is 0. The molecule has 2 aromatic heterocycles. The van der Waals surface area contributed by atoms with E-state index in [1.165, 1.54) is 7.11 Å². The first kappa shape index (κ1) is 33.3. The highest BCUT2D eigenvalue weighted by molar-refractivity contribution is 5.92. The average molecular weight is 677 g/mol. The van der Waals surface area contributed by atoms with Gasteiger partial charge in [-0.1, -0.05) is 44.2 Å². The van der Waals surface area contributed by atoms with E-state index in [1.54, 1.807) is 0 Å². The molecule has 0 bridgehead atoms. The number of H-pyrrole nitrogens is 2. The lowest BCUT2D eigenvalue weighted by Crippen LogP contribution is -2.48. The van der Waals surface area contributed by atoms with Gasteiger partial charge in [-0.15, -0.1) is 0 Å². The molecule has 5 N–H and O–H groups in total. The Bertz CT molecular complexity index is 2050. The number of carbonyl (C=O) groups is 3. The van der Waals surface area contributed by atoms with Gasteiger partial charge in [0.05, 0.1) is 48.2 Å².